The van der Waals surface area contributed by atoms with E-state index in [0.717, 1.165) is 12.2 Å². The van der Waals surface area contributed by atoms with E-state index in [1.54, 1.807) is 44.7 Å². The zero-order valence-corrected chi connectivity index (χ0v) is 14.4. The van der Waals surface area contributed by atoms with Gasteiger partial charge in [0, 0.05) is 30.7 Å². The second-order valence-corrected chi connectivity index (χ2v) is 5.76. The minimum Gasteiger partial charge on any atom is -0.493 e. The first-order valence-electron chi connectivity index (χ1n) is 7.75. The lowest BCUT2D eigenvalue weighted by Gasteiger charge is -2.12. The number of nitrogens with zero attached hydrogens (tertiary/aromatic N) is 1. The molecule has 2 N–H and O–H groups in total. The van der Waals surface area contributed by atoms with Crippen LogP contribution in [0.3, 0.4) is 0 Å². The number of pyridine rings is 1. The van der Waals surface area contributed by atoms with E-state index in [4.69, 9.17) is 9.47 Å². The number of methoxy groups -OCH3 is 2. The van der Waals surface area contributed by atoms with Crippen molar-refractivity contribution in [2.75, 3.05) is 31.4 Å². The van der Waals surface area contributed by atoms with Gasteiger partial charge in [-0.05, 0) is 24.1 Å². The monoisotopic (exact) mass is 329 g/mol. The molecule has 1 amide bonds. The SMILES string of the molecule is COc1ccc(NC(=O)c2cncc(NCC(C)C)c2)cc1OC. The number of aromatic nitrogens is 1. The maximum Gasteiger partial charge on any atom is 0.257 e. The number of ether oxygens (including phenoxy) is 2. The van der Waals surface area contributed by atoms with Crippen LogP contribution in [0.15, 0.2) is 36.7 Å². The molecule has 1 aromatic heterocycles. The van der Waals surface area contributed by atoms with Crippen molar-refractivity contribution >= 4 is 17.3 Å². The quantitative estimate of drug-likeness (QED) is 0.814. The number of carbonyl (C=O) groups is 1. The Balaban J connectivity index is 2.11. The first-order valence-corrected chi connectivity index (χ1v) is 7.75. The lowest BCUT2D eigenvalue weighted by atomic mass is 10.2. The minimum atomic E-state index is -0.233. The van der Waals surface area contributed by atoms with Gasteiger partial charge in [-0.25, -0.2) is 0 Å². The molecule has 6 heteroatoms. The molecule has 0 saturated heterocycles. The van der Waals surface area contributed by atoms with Crippen molar-refractivity contribution in [3.8, 4) is 11.5 Å². The summed E-state index contributed by atoms with van der Waals surface area (Å²) >= 11 is 0. The summed E-state index contributed by atoms with van der Waals surface area (Å²) in [6.07, 6.45) is 3.24. The highest BCUT2D eigenvalue weighted by atomic mass is 16.5. The Morgan fingerprint density at radius 2 is 1.83 bits per heavy atom. The van der Waals surface area contributed by atoms with Crippen LogP contribution in [0.2, 0.25) is 0 Å². The van der Waals surface area contributed by atoms with Gasteiger partial charge in [-0.3, -0.25) is 9.78 Å². The van der Waals surface area contributed by atoms with E-state index in [1.807, 2.05) is 0 Å². The van der Waals surface area contributed by atoms with Crippen molar-refractivity contribution < 1.29 is 14.3 Å². The van der Waals surface area contributed by atoms with Crippen LogP contribution in [0.1, 0.15) is 24.2 Å². The molecule has 0 aliphatic rings. The molecule has 0 saturated carbocycles. The largest absolute Gasteiger partial charge is 0.493 e. The Bertz CT molecular complexity index is 702. The lowest BCUT2D eigenvalue weighted by molar-refractivity contribution is 0.102. The van der Waals surface area contributed by atoms with Gasteiger partial charge in [-0.1, -0.05) is 13.8 Å². The van der Waals surface area contributed by atoms with E-state index < -0.39 is 0 Å². The molecule has 6 nitrogen and oxygen atoms in total. The lowest BCUT2D eigenvalue weighted by Crippen LogP contribution is -2.14. The Morgan fingerprint density at radius 1 is 1.08 bits per heavy atom. The number of amides is 1. The van der Waals surface area contributed by atoms with Gasteiger partial charge in [-0.15, -0.1) is 0 Å². The summed E-state index contributed by atoms with van der Waals surface area (Å²) in [6.45, 7) is 5.06. The third kappa shape index (κ3) is 4.62. The number of benzene rings is 1. The summed E-state index contributed by atoms with van der Waals surface area (Å²) in [5.74, 6) is 1.44. The third-order valence-electron chi connectivity index (χ3n) is 3.36. The van der Waals surface area contributed by atoms with E-state index >= 15 is 0 Å². The number of anilines is 2. The number of hydrogen-bond donors (Lipinski definition) is 2. The second kappa shape index (κ2) is 8.19. The molecule has 24 heavy (non-hydrogen) atoms. The molecule has 0 spiro atoms. The predicted molar refractivity (Wildman–Crippen MR) is 95.1 cm³/mol. The Kier molecular flexibility index (Phi) is 6.01. The Labute approximate surface area is 142 Å². The zero-order chi connectivity index (χ0) is 17.5. The summed E-state index contributed by atoms with van der Waals surface area (Å²) < 4.78 is 10.4. The van der Waals surface area contributed by atoms with Crippen molar-refractivity contribution in [2.24, 2.45) is 5.92 Å². The van der Waals surface area contributed by atoms with Gasteiger partial charge in [0.1, 0.15) is 0 Å². The molecular weight excluding hydrogens is 306 g/mol. The average molecular weight is 329 g/mol. The van der Waals surface area contributed by atoms with Crippen LogP contribution in [0, 0.1) is 5.92 Å². The predicted octanol–water partition coefficient (Wildman–Crippen LogP) is 3.42. The van der Waals surface area contributed by atoms with Gasteiger partial charge in [0.25, 0.3) is 5.91 Å². The molecule has 0 aliphatic heterocycles. The van der Waals surface area contributed by atoms with Gasteiger partial charge in [0.2, 0.25) is 0 Å². The molecule has 0 radical (unpaired) electrons. The maximum atomic E-state index is 12.4. The van der Waals surface area contributed by atoms with Gasteiger partial charge in [-0.2, -0.15) is 0 Å². The summed E-state index contributed by atoms with van der Waals surface area (Å²) in [5.41, 5.74) is 1.93. The van der Waals surface area contributed by atoms with Crippen LogP contribution in [-0.2, 0) is 0 Å². The van der Waals surface area contributed by atoms with E-state index in [-0.39, 0.29) is 5.91 Å². The smallest absolute Gasteiger partial charge is 0.257 e. The highest BCUT2D eigenvalue weighted by Gasteiger charge is 2.10. The maximum absolute atomic E-state index is 12.4. The van der Waals surface area contributed by atoms with Crippen molar-refractivity contribution in [2.45, 2.75) is 13.8 Å². The van der Waals surface area contributed by atoms with Crippen LogP contribution in [0.5, 0.6) is 11.5 Å². The molecule has 0 bridgehead atoms. The van der Waals surface area contributed by atoms with E-state index in [1.165, 1.54) is 6.20 Å². The molecule has 2 aromatic rings. The van der Waals surface area contributed by atoms with E-state index in [2.05, 4.69) is 29.5 Å². The van der Waals surface area contributed by atoms with Crippen molar-refractivity contribution in [1.29, 1.82) is 0 Å². The normalized spacial score (nSPS) is 10.4. The van der Waals surface area contributed by atoms with Gasteiger partial charge in [0.05, 0.1) is 25.5 Å². The van der Waals surface area contributed by atoms with Gasteiger partial charge in [0.15, 0.2) is 11.5 Å². The topological polar surface area (TPSA) is 72.5 Å². The Hall–Kier alpha value is -2.76. The minimum absolute atomic E-state index is 0.233. The van der Waals surface area contributed by atoms with Crippen molar-refractivity contribution in [1.82, 2.24) is 4.98 Å². The second-order valence-electron chi connectivity index (χ2n) is 5.76. The third-order valence-corrected chi connectivity index (χ3v) is 3.36. The molecule has 1 aromatic carbocycles. The fourth-order valence-electron chi connectivity index (χ4n) is 2.10. The van der Waals surface area contributed by atoms with E-state index in [9.17, 15) is 4.79 Å². The van der Waals surface area contributed by atoms with Crippen LogP contribution in [0.4, 0.5) is 11.4 Å². The fraction of sp³-hybridized carbons (Fsp3) is 0.333. The molecule has 0 fully saturated rings. The van der Waals surface area contributed by atoms with Gasteiger partial charge < -0.3 is 20.1 Å². The molecular formula is C18H23N3O3. The van der Waals surface area contributed by atoms with Crippen LogP contribution < -0.4 is 20.1 Å². The number of hydrogen-bond acceptors (Lipinski definition) is 5. The number of carbonyl (C=O) groups excluding carboxylic acids is 1. The van der Waals surface area contributed by atoms with Crippen LogP contribution >= 0.6 is 0 Å². The molecule has 2 rings (SSSR count). The molecule has 0 unspecified atom stereocenters. The molecule has 0 atom stereocenters. The average Bonchev–Trinajstić information content (AvgIpc) is 2.60. The highest BCUT2D eigenvalue weighted by Crippen LogP contribution is 2.29. The van der Waals surface area contributed by atoms with Gasteiger partial charge >= 0.3 is 0 Å². The summed E-state index contributed by atoms with van der Waals surface area (Å²) in [7, 11) is 3.12. The first-order chi connectivity index (χ1) is 11.5. The number of rotatable bonds is 7. The van der Waals surface area contributed by atoms with Crippen molar-refractivity contribution in [3.05, 3.63) is 42.2 Å². The molecule has 0 aliphatic carbocycles. The Morgan fingerprint density at radius 3 is 2.50 bits per heavy atom. The standard InChI is InChI=1S/C18H23N3O3/c1-12(2)9-20-15-7-13(10-19-11-15)18(22)21-14-5-6-16(23-3)17(8-14)24-4/h5-8,10-12,20H,9H2,1-4H3,(H,21,22). The summed E-state index contributed by atoms with van der Waals surface area (Å²) in [6, 6.07) is 7.00. The molecule has 1 heterocycles. The van der Waals surface area contributed by atoms with E-state index in [0.29, 0.717) is 28.7 Å². The summed E-state index contributed by atoms with van der Waals surface area (Å²) in [5, 5.41) is 6.09. The molecule has 128 valence electrons. The van der Waals surface area contributed by atoms with Crippen LogP contribution in [0.25, 0.3) is 0 Å². The highest BCUT2D eigenvalue weighted by molar-refractivity contribution is 6.04. The number of nitrogens with one attached hydrogen (secondary N) is 2. The fourth-order valence-corrected chi connectivity index (χ4v) is 2.10. The van der Waals surface area contributed by atoms with Crippen LogP contribution in [-0.4, -0.2) is 31.7 Å². The zero-order valence-electron chi connectivity index (χ0n) is 14.4. The van der Waals surface area contributed by atoms with Crippen molar-refractivity contribution in [3.63, 3.8) is 0 Å². The first kappa shape index (κ1) is 17.6. The summed E-state index contributed by atoms with van der Waals surface area (Å²) in [4.78, 5) is 16.5.